The molecule has 0 fully saturated rings. The maximum Gasteiger partial charge on any atom is 0.416 e. The van der Waals surface area contributed by atoms with Gasteiger partial charge in [-0.3, -0.25) is 0 Å². The number of halogens is 4. The second-order valence-electron chi connectivity index (χ2n) is 4.33. The van der Waals surface area contributed by atoms with Crippen LogP contribution in [0.25, 0.3) is 0 Å². The molecule has 20 heavy (non-hydrogen) atoms. The molecule has 4 nitrogen and oxygen atoms in total. The van der Waals surface area contributed by atoms with Crippen LogP contribution in [0.3, 0.4) is 0 Å². The number of aryl methyl sites for hydroxylation is 1. The number of aliphatic hydroxyl groups excluding tert-OH is 1. The highest BCUT2D eigenvalue weighted by atomic mass is 19.4. The predicted octanol–water partition coefficient (Wildman–Crippen LogP) is 2.52. The standard InChI is InChI=1S/C12H14F4N2O2/c1-7-3-4-8(5-9(7)13)17-11(20)18(2)6-10(19)12(14,15)16/h3-5,10,19H,6H2,1-2H3,(H,17,20). The van der Waals surface area contributed by atoms with Crippen molar-refractivity contribution in [3.05, 3.63) is 29.6 Å². The molecular formula is C12H14F4N2O2. The summed E-state index contributed by atoms with van der Waals surface area (Å²) in [4.78, 5) is 12.2. The van der Waals surface area contributed by atoms with E-state index in [0.717, 1.165) is 13.1 Å². The quantitative estimate of drug-likeness (QED) is 0.842. The normalized spacial score (nSPS) is 12.9. The highest BCUT2D eigenvalue weighted by Gasteiger charge is 2.39. The van der Waals surface area contributed by atoms with Gasteiger partial charge in [-0.1, -0.05) is 6.07 Å². The van der Waals surface area contributed by atoms with Gasteiger partial charge in [-0.2, -0.15) is 13.2 Å². The number of benzene rings is 1. The van der Waals surface area contributed by atoms with Crippen LogP contribution in [-0.4, -0.2) is 41.9 Å². The van der Waals surface area contributed by atoms with Crippen LogP contribution in [0.4, 0.5) is 28.0 Å². The van der Waals surface area contributed by atoms with Gasteiger partial charge in [0.05, 0.1) is 6.54 Å². The lowest BCUT2D eigenvalue weighted by molar-refractivity contribution is -0.205. The number of nitrogens with one attached hydrogen (secondary N) is 1. The van der Waals surface area contributed by atoms with Gasteiger partial charge in [0.2, 0.25) is 0 Å². The van der Waals surface area contributed by atoms with Gasteiger partial charge in [0, 0.05) is 12.7 Å². The number of carbonyl (C=O) groups excluding carboxylic acids is 1. The first-order valence-electron chi connectivity index (χ1n) is 5.64. The number of alkyl halides is 3. The Kier molecular flexibility index (Phi) is 4.93. The Morgan fingerprint density at radius 3 is 2.55 bits per heavy atom. The second kappa shape index (κ2) is 6.08. The Morgan fingerprint density at radius 2 is 2.05 bits per heavy atom. The number of hydrogen-bond acceptors (Lipinski definition) is 2. The zero-order valence-corrected chi connectivity index (χ0v) is 10.8. The van der Waals surface area contributed by atoms with Crippen molar-refractivity contribution in [2.45, 2.75) is 19.2 Å². The number of rotatable bonds is 3. The molecule has 1 unspecified atom stereocenters. The van der Waals surface area contributed by atoms with Crippen LogP contribution >= 0.6 is 0 Å². The van der Waals surface area contributed by atoms with E-state index in [1.54, 1.807) is 0 Å². The van der Waals surface area contributed by atoms with Crippen molar-refractivity contribution in [2.24, 2.45) is 0 Å². The monoisotopic (exact) mass is 294 g/mol. The molecule has 0 spiro atoms. The number of amides is 2. The van der Waals surface area contributed by atoms with Gasteiger partial charge >= 0.3 is 12.2 Å². The molecule has 1 aromatic carbocycles. The van der Waals surface area contributed by atoms with Crippen molar-refractivity contribution in [1.82, 2.24) is 4.90 Å². The van der Waals surface area contributed by atoms with Crippen LogP contribution in [0, 0.1) is 12.7 Å². The highest BCUT2D eigenvalue weighted by molar-refractivity contribution is 5.89. The maximum atomic E-state index is 13.2. The number of carbonyl (C=O) groups is 1. The van der Waals surface area contributed by atoms with E-state index < -0.39 is 30.7 Å². The van der Waals surface area contributed by atoms with Gasteiger partial charge in [-0.25, -0.2) is 9.18 Å². The zero-order chi connectivity index (χ0) is 15.5. The van der Waals surface area contributed by atoms with Crippen molar-refractivity contribution >= 4 is 11.7 Å². The summed E-state index contributed by atoms with van der Waals surface area (Å²) in [5.74, 6) is -0.541. The van der Waals surface area contributed by atoms with Gasteiger partial charge in [0.15, 0.2) is 6.10 Å². The van der Waals surface area contributed by atoms with Gasteiger partial charge < -0.3 is 15.3 Å². The average Bonchev–Trinajstić information content (AvgIpc) is 2.32. The molecular weight excluding hydrogens is 280 g/mol. The number of aliphatic hydroxyl groups is 1. The fraction of sp³-hybridized carbons (Fsp3) is 0.417. The molecule has 0 radical (unpaired) electrons. The molecule has 1 rings (SSSR count). The summed E-state index contributed by atoms with van der Waals surface area (Å²) in [5.41, 5.74) is 0.496. The summed E-state index contributed by atoms with van der Waals surface area (Å²) >= 11 is 0. The van der Waals surface area contributed by atoms with Crippen LogP contribution < -0.4 is 5.32 Å². The summed E-state index contributed by atoms with van der Waals surface area (Å²) in [6, 6.07) is 3.03. The minimum atomic E-state index is -4.80. The van der Waals surface area contributed by atoms with Crippen LogP contribution in [0.1, 0.15) is 5.56 Å². The molecule has 0 aliphatic carbocycles. The first-order valence-corrected chi connectivity index (χ1v) is 5.64. The first-order chi connectivity index (χ1) is 9.11. The Morgan fingerprint density at radius 1 is 1.45 bits per heavy atom. The van der Waals surface area contributed by atoms with Gasteiger partial charge in [0.1, 0.15) is 5.82 Å². The van der Waals surface area contributed by atoms with E-state index in [4.69, 9.17) is 5.11 Å². The van der Waals surface area contributed by atoms with E-state index in [9.17, 15) is 22.4 Å². The number of likely N-dealkylation sites (N-methyl/N-ethyl adjacent to an activating group) is 1. The molecule has 0 bridgehead atoms. The van der Waals surface area contributed by atoms with Crippen LogP contribution in [0.15, 0.2) is 18.2 Å². The third-order valence-corrected chi connectivity index (χ3v) is 2.59. The highest BCUT2D eigenvalue weighted by Crippen LogP contribution is 2.20. The Labute approximate surface area is 113 Å². The third kappa shape index (κ3) is 4.37. The maximum absolute atomic E-state index is 13.2. The van der Waals surface area contributed by atoms with Crippen molar-refractivity contribution in [1.29, 1.82) is 0 Å². The minimum Gasteiger partial charge on any atom is -0.382 e. The number of urea groups is 1. The fourth-order valence-corrected chi connectivity index (χ4v) is 1.34. The smallest absolute Gasteiger partial charge is 0.382 e. The van der Waals surface area contributed by atoms with Crippen molar-refractivity contribution in [2.75, 3.05) is 18.9 Å². The van der Waals surface area contributed by atoms with Crippen molar-refractivity contribution < 1.29 is 27.5 Å². The molecule has 1 atom stereocenters. The molecule has 0 saturated carbocycles. The fourth-order valence-electron chi connectivity index (χ4n) is 1.34. The largest absolute Gasteiger partial charge is 0.416 e. The topological polar surface area (TPSA) is 52.6 Å². The molecule has 1 aromatic rings. The Hall–Kier alpha value is -1.83. The van der Waals surface area contributed by atoms with Crippen molar-refractivity contribution in [3.63, 3.8) is 0 Å². The van der Waals surface area contributed by atoms with Crippen molar-refractivity contribution in [3.8, 4) is 0 Å². The first kappa shape index (κ1) is 16.2. The summed E-state index contributed by atoms with van der Waals surface area (Å²) in [6.07, 6.45) is -7.43. The molecule has 2 amide bonds. The summed E-state index contributed by atoms with van der Waals surface area (Å²) in [5, 5.41) is 11.1. The lowest BCUT2D eigenvalue weighted by atomic mass is 10.2. The second-order valence-corrected chi connectivity index (χ2v) is 4.33. The molecule has 8 heteroatoms. The van der Waals surface area contributed by atoms with E-state index in [-0.39, 0.29) is 5.69 Å². The average molecular weight is 294 g/mol. The minimum absolute atomic E-state index is 0.117. The van der Waals surface area contributed by atoms with Crippen LogP contribution in [-0.2, 0) is 0 Å². The molecule has 0 aromatic heterocycles. The van der Waals surface area contributed by atoms with E-state index in [1.165, 1.54) is 19.1 Å². The molecule has 112 valence electrons. The van der Waals surface area contributed by atoms with Gasteiger partial charge in [-0.15, -0.1) is 0 Å². The number of hydrogen-bond donors (Lipinski definition) is 2. The Bertz CT molecular complexity index is 491. The van der Waals surface area contributed by atoms with Gasteiger partial charge in [0.25, 0.3) is 0 Å². The molecule has 0 aliphatic rings. The molecule has 0 aliphatic heterocycles. The lowest BCUT2D eigenvalue weighted by Gasteiger charge is -2.22. The van der Waals surface area contributed by atoms with Crippen LogP contribution in [0.2, 0.25) is 0 Å². The summed E-state index contributed by atoms with van der Waals surface area (Å²) < 4.78 is 49.7. The van der Waals surface area contributed by atoms with E-state index in [0.29, 0.717) is 10.5 Å². The third-order valence-electron chi connectivity index (χ3n) is 2.59. The summed E-state index contributed by atoms with van der Waals surface area (Å²) in [6.45, 7) is 0.621. The number of nitrogens with zero attached hydrogens (tertiary/aromatic N) is 1. The zero-order valence-electron chi connectivity index (χ0n) is 10.8. The summed E-state index contributed by atoms with van der Waals surface area (Å²) in [7, 11) is 1.09. The van der Waals surface area contributed by atoms with Gasteiger partial charge in [-0.05, 0) is 24.6 Å². The van der Waals surface area contributed by atoms with E-state index in [1.807, 2.05) is 0 Å². The number of anilines is 1. The van der Waals surface area contributed by atoms with Crippen LogP contribution in [0.5, 0.6) is 0 Å². The van der Waals surface area contributed by atoms with E-state index in [2.05, 4.69) is 5.32 Å². The van der Waals surface area contributed by atoms with E-state index >= 15 is 0 Å². The SMILES string of the molecule is Cc1ccc(NC(=O)N(C)CC(O)C(F)(F)F)cc1F. The molecule has 2 N–H and O–H groups in total. The Balaban J connectivity index is 2.64. The predicted molar refractivity (Wildman–Crippen MR) is 64.8 cm³/mol. The molecule has 0 saturated heterocycles. The lowest BCUT2D eigenvalue weighted by Crippen LogP contribution is -2.43. The molecule has 0 heterocycles.